The Morgan fingerprint density at radius 1 is 1.08 bits per heavy atom. The molecule has 3 aromatic rings. The summed E-state index contributed by atoms with van der Waals surface area (Å²) in [5.74, 6) is 0.207. The van der Waals surface area contributed by atoms with Gasteiger partial charge in [-0.25, -0.2) is 0 Å². The van der Waals surface area contributed by atoms with Crippen molar-refractivity contribution < 1.29 is 4.79 Å². The number of pyridine rings is 2. The zero-order chi connectivity index (χ0) is 25.5. The molecule has 1 aliphatic heterocycles. The van der Waals surface area contributed by atoms with Gasteiger partial charge in [-0.05, 0) is 102 Å². The SMILES string of the molecule is CC.O=C(NCCc1ccccn1)C1CCN(C2c3ccc(Cl)cc3CCc3cc(Br)cnc32)CC1. The summed E-state index contributed by atoms with van der Waals surface area (Å²) >= 11 is 9.94. The minimum atomic E-state index is 0.0489. The van der Waals surface area contributed by atoms with E-state index in [-0.39, 0.29) is 17.9 Å². The molecule has 0 spiro atoms. The third-order valence-corrected chi connectivity index (χ3v) is 7.63. The highest BCUT2D eigenvalue weighted by atomic mass is 79.9. The van der Waals surface area contributed by atoms with E-state index in [0.717, 1.165) is 66.1 Å². The van der Waals surface area contributed by atoms with Crippen molar-refractivity contribution in [3.05, 3.63) is 92.4 Å². The fourth-order valence-corrected chi connectivity index (χ4v) is 5.78. The third-order valence-electron chi connectivity index (χ3n) is 6.96. The van der Waals surface area contributed by atoms with Crippen molar-refractivity contribution in [1.29, 1.82) is 0 Å². The number of amides is 1. The zero-order valence-electron chi connectivity index (χ0n) is 21.0. The van der Waals surface area contributed by atoms with E-state index in [2.05, 4.69) is 49.3 Å². The molecule has 0 radical (unpaired) electrons. The van der Waals surface area contributed by atoms with Gasteiger partial charge in [0.1, 0.15) is 0 Å². The van der Waals surface area contributed by atoms with Crippen LogP contribution in [0.1, 0.15) is 60.8 Å². The summed E-state index contributed by atoms with van der Waals surface area (Å²) < 4.78 is 1.01. The molecule has 2 aliphatic rings. The average molecular weight is 570 g/mol. The first-order valence-electron chi connectivity index (χ1n) is 12.9. The van der Waals surface area contributed by atoms with Gasteiger partial charge in [0.25, 0.3) is 0 Å². The number of hydrogen-bond donors (Lipinski definition) is 1. The highest BCUT2D eigenvalue weighted by Gasteiger charge is 2.34. The van der Waals surface area contributed by atoms with Gasteiger partial charge in [0, 0.05) is 46.5 Å². The molecule has 3 heterocycles. The smallest absolute Gasteiger partial charge is 0.223 e. The van der Waals surface area contributed by atoms with Crippen LogP contribution in [0, 0.1) is 5.92 Å². The summed E-state index contributed by atoms with van der Waals surface area (Å²) in [6, 6.07) is 14.4. The van der Waals surface area contributed by atoms with Gasteiger partial charge < -0.3 is 5.32 Å². The summed E-state index contributed by atoms with van der Waals surface area (Å²) in [7, 11) is 0. The number of nitrogens with one attached hydrogen (secondary N) is 1. The van der Waals surface area contributed by atoms with E-state index in [1.54, 1.807) is 6.20 Å². The summed E-state index contributed by atoms with van der Waals surface area (Å²) in [6.45, 7) is 6.35. The summed E-state index contributed by atoms with van der Waals surface area (Å²) in [6.07, 6.45) is 8.03. The van der Waals surface area contributed by atoms with Gasteiger partial charge in [0.05, 0.1) is 11.7 Å². The van der Waals surface area contributed by atoms with Crippen molar-refractivity contribution in [2.75, 3.05) is 19.6 Å². The molecule has 0 bridgehead atoms. The monoisotopic (exact) mass is 568 g/mol. The van der Waals surface area contributed by atoms with Gasteiger partial charge in [-0.2, -0.15) is 0 Å². The minimum Gasteiger partial charge on any atom is -0.355 e. The number of aryl methyl sites for hydroxylation is 2. The van der Waals surface area contributed by atoms with Crippen LogP contribution in [0.3, 0.4) is 0 Å². The second-order valence-corrected chi connectivity index (χ2v) is 10.5. The van der Waals surface area contributed by atoms with Gasteiger partial charge in [-0.1, -0.05) is 37.6 Å². The Kier molecular flexibility index (Phi) is 9.52. The first-order valence-corrected chi connectivity index (χ1v) is 14.1. The van der Waals surface area contributed by atoms with Gasteiger partial charge in [-0.3, -0.25) is 19.7 Å². The molecule has 36 heavy (non-hydrogen) atoms. The van der Waals surface area contributed by atoms with E-state index >= 15 is 0 Å². The Bertz CT molecular complexity index is 1110. The lowest BCUT2D eigenvalue weighted by Gasteiger charge is -2.37. The molecule has 2 aromatic heterocycles. The zero-order valence-corrected chi connectivity index (χ0v) is 23.4. The highest BCUT2D eigenvalue weighted by molar-refractivity contribution is 9.10. The maximum absolute atomic E-state index is 12.8. The van der Waals surface area contributed by atoms with Gasteiger partial charge in [-0.15, -0.1) is 0 Å². The number of hydrogen-bond acceptors (Lipinski definition) is 4. The normalized spacial score (nSPS) is 17.7. The quantitative estimate of drug-likeness (QED) is 0.399. The van der Waals surface area contributed by atoms with Crippen molar-refractivity contribution in [3.8, 4) is 0 Å². The van der Waals surface area contributed by atoms with Crippen LogP contribution in [0.15, 0.2) is 59.3 Å². The number of halogens is 2. The third kappa shape index (κ3) is 6.34. The van der Waals surface area contributed by atoms with E-state index in [1.807, 2.05) is 44.3 Å². The Morgan fingerprint density at radius 3 is 2.61 bits per heavy atom. The number of rotatable bonds is 5. The lowest BCUT2D eigenvalue weighted by Crippen LogP contribution is -2.43. The van der Waals surface area contributed by atoms with Crippen LogP contribution in [-0.4, -0.2) is 40.4 Å². The van der Waals surface area contributed by atoms with Crippen LogP contribution in [-0.2, 0) is 24.1 Å². The molecule has 7 heteroatoms. The van der Waals surface area contributed by atoms with Crippen LogP contribution in [0.25, 0.3) is 0 Å². The predicted octanol–water partition coefficient (Wildman–Crippen LogP) is 6.18. The van der Waals surface area contributed by atoms with E-state index in [9.17, 15) is 4.79 Å². The first-order chi connectivity index (χ1) is 17.6. The summed E-state index contributed by atoms with van der Waals surface area (Å²) in [5, 5.41) is 3.90. The Hall–Kier alpha value is -2.28. The molecule has 1 unspecified atom stereocenters. The summed E-state index contributed by atoms with van der Waals surface area (Å²) in [5.41, 5.74) is 5.99. The van der Waals surface area contributed by atoms with Crippen molar-refractivity contribution in [1.82, 2.24) is 20.2 Å². The van der Waals surface area contributed by atoms with Crippen molar-refractivity contribution >= 4 is 33.4 Å². The molecular formula is C29H34BrClN4O. The fraction of sp³-hybridized carbons (Fsp3) is 0.414. The number of nitrogens with zero attached hydrogens (tertiary/aromatic N) is 3. The number of fused-ring (bicyclic) bond motifs is 2. The van der Waals surface area contributed by atoms with Gasteiger partial charge in [0.2, 0.25) is 5.91 Å². The molecule has 0 saturated carbocycles. The molecule has 1 saturated heterocycles. The number of carbonyl (C=O) groups excluding carboxylic acids is 1. The minimum absolute atomic E-state index is 0.0489. The molecule has 1 fully saturated rings. The molecule has 1 amide bonds. The largest absolute Gasteiger partial charge is 0.355 e. The van der Waals surface area contributed by atoms with Crippen LogP contribution in [0.4, 0.5) is 0 Å². The van der Waals surface area contributed by atoms with E-state index in [1.165, 1.54) is 16.7 Å². The predicted molar refractivity (Wildman–Crippen MR) is 149 cm³/mol. The highest BCUT2D eigenvalue weighted by Crippen LogP contribution is 2.39. The van der Waals surface area contributed by atoms with E-state index in [0.29, 0.717) is 6.54 Å². The van der Waals surface area contributed by atoms with Crippen LogP contribution < -0.4 is 5.32 Å². The molecular weight excluding hydrogens is 536 g/mol. The Labute approximate surface area is 227 Å². The number of carbonyl (C=O) groups is 1. The molecule has 1 atom stereocenters. The average Bonchev–Trinajstić information content (AvgIpc) is 3.06. The van der Waals surface area contributed by atoms with Crippen LogP contribution in [0.5, 0.6) is 0 Å². The second-order valence-electron chi connectivity index (χ2n) is 9.12. The lowest BCUT2D eigenvalue weighted by molar-refractivity contribution is -0.126. The standard InChI is InChI=1S/C27H28BrClN4O.C2H6/c28-21-15-20-5-4-19-16-22(29)6-7-24(19)26(25(20)32-17-21)33-13-9-18(10-14-33)27(34)31-12-8-23-3-1-2-11-30-23;1-2/h1-3,6-7,11,15-18,26H,4-5,8-10,12-14H2,(H,31,34);1-2H3. The summed E-state index contributed by atoms with van der Waals surface area (Å²) in [4.78, 5) is 24.5. The maximum atomic E-state index is 12.8. The first kappa shape index (κ1) is 26.8. The Balaban J connectivity index is 0.00000148. The molecule has 5 rings (SSSR count). The number of aromatic nitrogens is 2. The topological polar surface area (TPSA) is 58.1 Å². The number of likely N-dealkylation sites (tertiary alicyclic amines) is 1. The number of piperidine rings is 1. The molecule has 1 aliphatic carbocycles. The van der Waals surface area contributed by atoms with Crippen molar-refractivity contribution in [2.24, 2.45) is 5.92 Å². The van der Waals surface area contributed by atoms with Gasteiger partial charge >= 0.3 is 0 Å². The second kappa shape index (κ2) is 12.8. The van der Waals surface area contributed by atoms with Crippen LogP contribution in [0.2, 0.25) is 5.02 Å². The van der Waals surface area contributed by atoms with E-state index in [4.69, 9.17) is 16.6 Å². The van der Waals surface area contributed by atoms with Crippen molar-refractivity contribution in [3.63, 3.8) is 0 Å². The fourth-order valence-electron chi connectivity index (χ4n) is 5.21. The molecule has 1 aromatic carbocycles. The molecule has 190 valence electrons. The molecule has 1 N–H and O–H groups in total. The maximum Gasteiger partial charge on any atom is 0.223 e. The van der Waals surface area contributed by atoms with Crippen LogP contribution >= 0.6 is 27.5 Å². The lowest BCUT2D eigenvalue weighted by atomic mass is 9.91. The molecule has 5 nitrogen and oxygen atoms in total. The van der Waals surface area contributed by atoms with Crippen molar-refractivity contribution in [2.45, 2.75) is 52.0 Å². The number of benzene rings is 1. The van der Waals surface area contributed by atoms with E-state index < -0.39 is 0 Å². The Morgan fingerprint density at radius 2 is 1.86 bits per heavy atom. The van der Waals surface area contributed by atoms with Gasteiger partial charge in [0.15, 0.2) is 0 Å².